The van der Waals surface area contributed by atoms with Gasteiger partial charge in [-0.05, 0) is 31.1 Å². The van der Waals surface area contributed by atoms with E-state index in [-0.39, 0.29) is 17.9 Å². The molecule has 0 radical (unpaired) electrons. The quantitative estimate of drug-likeness (QED) is 0.758. The van der Waals surface area contributed by atoms with E-state index in [0.717, 1.165) is 12.8 Å². The van der Waals surface area contributed by atoms with Crippen LogP contribution in [-0.2, 0) is 4.79 Å². The molecule has 0 aliphatic heterocycles. The second-order valence-corrected chi connectivity index (χ2v) is 6.28. The van der Waals surface area contributed by atoms with Crippen LogP contribution in [-0.4, -0.2) is 18.0 Å². The Hall–Kier alpha value is -0.570. The van der Waals surface area contributed by atoms with Crippen LogP contribution in [0.1, 0.15) is 54.4 Å². The van der Waals surface area contributed by atoms with Gasteiger partial charge in [-0.3, -0.25) is 4.79 Å². The minimum atomic E-state index is -0.392. The Balaban J connectivity index is 3.96. The van der Waals surface area contributed by atoms with Gasteiger partial charge in [0.1, 0.15) is 0 Å². The number of hydrogen-bond donors (Lipinski definition) is 2. The fraction of sp³-hybridized carbons (Fsp3) is 0.923. The van der Waals surface area contributed by atoms with Gasteiger partial charge in [-0.15, -0.1) is 0 Å². The highest BCUT2D eigenvalue weighted by molar-refractivity contribution is 5.81. The highest BCUT2D eigenvalue weighted by atomic mass is 16.2. The van der Waals surface area contributed by atoms with E-state index < -0.39 is 6.04 Å². The van der Waals surface area contributed by atoms with E-state index in [1.165, 1.54) is 0 Å². The molecule has 96 valence electrons. The summed E-state index contributed by atoms with van der Waals surface area (Å²) >= 11 is 0. The summed E-state index contributed by atoms with van der Waals surface area (Å²) in [4.78, 5) is 11.7. The summed E-state index contributed by atoms with van der Waals surface area (Å²) in [5.41, 5.74) is 6.10. The molecule has 3 heteroatoms. The van der Waals surface area contributed by atoms with Gasteiger partial charge in [0.05, 0.1) is 6.04 Å². The Labute approximate surface area is 100 Å². The summed E-state index contributed by atoms with van der Waals surface area (Å²) in [5, 5.41) is 2.97. The molecule has 1 unspecified atom stereocenters. The van der Waals surface area contributed by atoms with Gasteiger partial charge in [-0.2, -0.15) is 0 Å². The molecule has 1 amide bonds. The van der Waals surface area contributed by atoms with E-state index in [1.807, 2.05) is 20.8 Å². The second kappa shape index (κ2) is 6.24. The van der Waals surface area contributed by atoms with Gasteiger partial charge in [0.25, 0.3) is 0 Å². The predicted octanol–water partition coefficient (Wildman–Crippen LogP) is 2.30. The molecule has 3 N–H and O–H groups in total. The van der Waals surface area contributed by atoms with Crippen molar-refractivity contribution in [1.82, 2.24) is 5.32 Å². The molecule has 2 atom stereocenters. The smallest absolute Gasteiger partial charge is 0.237 e. The molecule has 16 heavy (non-hydrogen) atoms. The first-order valence-electron chi connectivity index (χ1n) is 6.19. The minimum Gasteiger partial charge on any atom is -0.352 e. The molecular formula is C13H28N2O. The van der Waals surface area contributed by atoms with Crippen molar-refractivity contribution in [3.05, 3.63) is 0 Å². The number of amides is 1. The van der Waals surface area contributed by atoms with E-state index in [0.29, 0.717) is 5.41 Å². The van der Waals surface area contributed by atoms with Gasteiger partial charge in [0.2, 0.25) is 5.91 Å². The molecular weight excluding hydrogens is 200 g/mol. The van der Waals surface area contributed by atoms with Crippen molar-refractivity contribution in [3.63, 3.8) is 0 Å². The van der Waals surface area contributed by atoms with E-state index in [9.17, 15) is 4.79 Å². The lowest BCUT2D eigenvalue weighted by Crippen LogP contribution is -2.47. The van der Waals surface area contributed by atoms with Crippen LogP contribution < -0.4 is 11.1 Å². The average Bonchev–Trinajstić information content (AvgIpc) is 2.12. The first kappa shape index (κ1) is 15.4. The van der Waals surface area contributed by atoms with Gasteiger partial charge in [-0.25, -0.2) is 0 Å². The number of nitrogens with two attached hydrogens (primary N) is 1. The van der Waals surface area contributed by atoms with Crippen LogP contribution >= 0.6 is 0 Å². The predicted molar refractivity (Wildman–Crippen MR) is 69.1 cm³/mol. The zero-order valence-corrected chi connectivity index (χ0v) is 11.6. The summed E-state index contributed by atoms with van der Waals surface area (Å²) < 4.78 is 0. The topological polar surface area (TPSA) is 55.1 Å². The maximum Gasteiger partial charge on any atom is 0.237 e. The zero-order chi connectivity index (χ0) is 12.9. The van der Waals surface area contributed by atoms with Crippen molar-refractivity contribution in [2.45, 2.75) is 66.5 Å². The standard InChI is InChI=1S/C13H28N2O/c1-9(2)11(14)12(16)15-10(3)7-8-13(4,5)6/h9-11H,7-8,14H2,1-6H3,(H,15,16)/t10?,11-/m0/s1. The molecule has 0 aliphatic rings. The minimum absolute atomic E-state index is 0.0311. The first-order valence-corrected chi connectivity index (χ1v) is 6.19. The van der Waals surface area contributed by atoms with Gasteiger partial charge in [-0.1, -0.05) is 34.6 Å². The Bertz CT molecular complexity index is 218. The Morgan fingerprint density at radius 3 is 2.12 bits per heavy atom. The highest BCUT2D eigenvalue weighted by Gasteiger charge is 2.19. The van der Waals surface area contributed by atoms with Crippen LogP contribution in [0.5, 0.6) is 0 Å². The molecule has 0 saturated heterocycles. The molecule has 0 saturated carbocycles. The number of rotatable bonds is 5. The molecule has 0 aromatic heterocycles. The van der Waals surface area contributed by atoms with Crippen molar-refractivity contribution in [1.29, 1.82) is 0 Å². The second-order valence-electron chi connectivity index (χ2n) is 6.28. The molecule has 3 nitrogen and oxygen atoms in total. The van der Waals surface area contributed by atoms with Gasteiger partial charge >= 0.3 is 0 Å². The first-order chi connectivity index (χ1) is 7.13. The maximum absolute atomic E-state index is 11.7. The van der Waals surface area contributed by atoms with Crippen LogP contribution in [0, 0.1) is 11.3 Å². The lowest BCUT2D eigenvalue weighted by Gasteiger charge is -2.23. The molecule has 0 aromatic carbocycles. The molecule has 0 fully saturated rings. The van der Waals surface area contributed by atoms with Gasteiger partial charge < -0.3 is 11.1 Å². The summed E-state index contributed by atoms with van der Waals surface area (Å²) in [7, 11) is 0. The molecule has 0 aliphatic carbocycles. The third kappa shape index (κ3) is 6.83. The van der Waals surface area contributed by atoms with Crippen molar-refractivity contribution < 1.29 is 4.79 Å². The average molecular weight is 228 g/mol. The van der Waals surface area contributed by atoms with Crippen molar-refractivity contribution >= 4 is 5.91 Å². The summed E-state index contributed by atoms with van der Waals surface area (Å²) in [6.07, 6.45) is 2.10. The van der Waals surface area contributed by atoms with Crippen molar-refractivity contribution in [3.8, 4) is 0 Å². The van der Waals surface area contributed by atoms with E-state index >= 15 is 0 Å². The SMILES string of the molecule is CC(CCC(C)(C)C)NC(=O)[C@@H](N)C(C)C. The van der Waals surface area contributed by atoms with Crippen LogP contribution in [0.3, 0.4) is 0 Å². The van der Waals surface area contributed by atoms with E-state index in [4.69, 9.17) is 5.73 Å². The molecule has 0 heterocycles. The Morgan fingerprint density at radius 2 is 1.75 bits per heavy atom. The number of carbonyl (C=O) groups is 1. The van der Waals surface area contributed by atoms with Crippen LogP contribution in [0.4, 0.5) is 0 Å². The largest absolute Gasteiger partial charge is 0.352 e. The molecule has 0 spiro atoms. The highest BCUT2D eigenvalue weighted by Crippen LogP contribution is 2.21. The fourth-order valence-electron chi connectivity index (χ4n) is 1.36. The summed E-state index contributed by atoms with van der Waals surface area (Å²) in [6.45, 7) is 12.6. The van der Waals surface area contributed by atoms with Gasteiger partial charge in [0.15, 0.2) is 0 Å². The molecule has 0 aromatic rings. The Kier molecular flexibility index (Phi) is 6.01. The van der Waals surface area contributed by atoms with Crippen molar-refractivity contribution in [2.24, 2.45) is 17.1 Å². The van der Waals surface area contributed by atoms with Crippen LogP contribution in [0.15, 0.2) is 0 Å². The Morgan fingerprint density at radius 1 is 1.25 bits per heavy atom. The maximum atomic E-state index is 11.7. The van der Waals surface area contributed by atoms with Gasteiger partial charge in [0, 0.05) is 6.04 Å². The number of hydrogen-bond acceptors (Lipinski definition) is 2. The fourth-order valence-corrected chi connectivity index (χ4v) is 1.36. The third-order valence-electron chi connectivity index (χ3n) is 2.74. The van der Waals surface area contributed by atoms with E-state index in [1.54, 1.807) is 0 Å². The summed E-state index contributed by atoms with van der Waals surface area (Å²) in [5.74, 6) is 0.159. The molecule has 0 rings (SSSR count). The van der Waals surface area contributed by atoms with Crippen LogP contribution in [0.2, 0.25) is 0 Å². The lowest BCUT2D eigenvalue weighted by atomic mass is 9.89. The summed E-state index contributed by atoms with van der Waals surface area (Å²) in [6, 6.07) is -0.186. The molecule has 0 bridgehead atoms. The number of carbonyl (C=O) groups excluding carboxylic acids is 1. The monoisotopic (exact) mass is 228 g/mol. The van der Waals surface area contributed by atoms with Crippen molar-refractivity contribution in [2.75, 3.05) is 0 Å². The van der Waals surface area contributed by atoms with Crippen LogP contribution in [0.25, 0.3) is 0 Å². The van der Waals surface area contributed by atoms with E-state index in [2.05, 4.69) is 26.1 Å². The third-order valence-corrected chi connectivity index (χ3v) is 2.74. The lowest BCUT2D eigenvalue weighted by molar-refractivity contribution is -0.123. The normalized spacial score (nSPS) is 16.0. The number of nitrogens with one attached hydrogen (secondary N) is 1. The zero-order valence-electron chi connectivity index (χ0n) is 11.6.